The second-order valence-corrected chi connectivity index (χ2v) is 7.33. The number of aryl methyl sites for hydroxylation is 2. The van der Waals surface area contributed by atoms with Crippen molar-refractivity contribution in [2.24, 2.45) is 0 Å². The molecule has 0 radical (unpaired) electrons. The van der Waals surface area contributed by atoms with E-state index < -0.39 is 0 Å². The summed E-state index contributed by atoms with van der Waals surface area (Å²) in [7, 11) is 0. The Kier molecular flexibility index (Phi) is 4.09. The number of nitrogens with zero attached hydrogens (tertiary/aromatic N) is 3. The Hall–Kier alpha value is -2.16. The number of nitriles is 1. The Bertz CT molecular complexity index is 958. The second kappa shape index (κ2) is 6.39. The molecule has 0 saturated carbocycles. The van der Waals surface area contributed by atoms with E-state index in [0.717, 1.165) is 34.6 Å². The fourth-order valence-corrected chi connectivity index (χ4v) is 4.68. The lowest BCUT2D eigenvalue weighted by Gasteiger charge is -2.09. The molecule has 6 heteroatoms. The number of benzene rings is 1. The van der Waals surface area contributed by atoms with Crippen LogP contribution >= 0.6 is 22.9 Å². The lowest BCUT2D eigenvalue weighted by molar-refractivity contribution is 0.713. The highest BCUT2D eigenvalue weighted by molar-refractivity contribution is 7.19. The summed E-state index contributed by atoms with van der Waals surface area (Å²) in [5.41, 5.74) is 2.81. The molecule has 1 aromatic carbocycles. The fourth-order valence-electron chi connectivity index (χ4n) is 3.20. The number of hydrogen-bond acceptors (Lipinski definition) is 5. The van der Waals surface area contributed by atoms with E-state index in [4.69, 9.17) is 16.9 Å². The normalized spacial score (nSPS) is 14.0. The molecule has 0 spiro atoms. The van der Waals surface area contributed by atoms with Crippen molar-refractivity contribution in [1.82, 2.24) is 9.97 Å². The topological polar surface area (TPSA) is 61.6 Å². The van der Waals surface area contributed by atoms with Gasteiger partial charge in [0.1, 0.15) is 10.6 Å². The van der Waals surface area contributed by atoms with Crippen molar-refractivity contribution in [2.75, 3.05) is 5.32 Å². The number of fused-ring (bicyclic) bond motifs is 3. The largest absolute Gasteiger partial charge is 0.339 e. The third-order valence-electron chi connectivity index (χ3n) is 4.29. The molecule has 3 aromatic rings. The van der Waals surface area contributed by atoms with Crippen LogP contribution in [0.25, 0.3) is 10.2 Å². The van der Waals surface area contributed by atoms with Crippen LogP contribution in [0.5, 0.6) is 0 Å². The van der Waals surface area contributed by atoms with Gasteiger partial charge in [0.05, 0.1) is 17.0 Å². The van der Waals surface area contributed by atoms with Crippen molar-refractivity contribution in [3.8, 4) is 6.07 Å². The van der Waals surface area contributed by atoms with Gasteiger partial charge in [0, 0.05) is 10.6 Å². The van der Waals surface area contributed by atoms with Crippen LogP contribution in [0.15, 0.2) is 24.3 Å². The van der Waals surface area contributed by atoms with Crippen LogP contribution in [0.2, 0.25) is 5.28 Å². The summed E-state index contributed by atoms with van der Waals surface area (Å²) >= 11 is 7.87. The molecule has 4 rings (SSSR count). The van der Waals surface area contributed by atoms with Gasteiger partial charge in [0.2, 0.25) is 5.28 Å². The number of aromatic nitrogens is 2. The van der Waals surface area contributed by atoms with Gasteiger partial charge in [-0.3, -0.25) is 0 Å². The van der Waals surface area contributed by atoms with E-state index in [0.29, 0.717) is 5.56 Å². The molecule has 0 saturated heterocycles. The lowest BCUT2D eigenvalue weighted by Crippen LogP contribution is -1.98. The molecule has 1 aliphatic rings. The van der Waals surface area contributed by atoms with Crippen molar-refractivity contribution in [1.29, 1.82) is 5.26 Å². The molecule has 0 atom stereocenters. The summed E-state index contributed by atoms with van der Waals surface area (Å²) in [6, 6.07) is 9.53. The average molecular weight is 355 g/mol. The second-order valence-electron chi connectivity index (χ2n) is 5.90. The van der Waals surface area contributed by atoms with Crippen LogP contribution in [0.3, 0.4) is 0 Å². The standard InChI is InChI=1S/C18H15ClN4S/c19-18-22-16(21-12-6-4-5-11(9-12)10-20)15-13-7-2-1-3-8-14(13)24-17(15)23-18/h4-6,9H,1-3,7-8H2,(H,21,22,23). The van der Waals surface area contributed by atoms with Gasteiger partial charge < -0.3 is 5.32 Å². The monoisotopic (exact) mass is 354 g/mol. The molecule has 0 fully saturated rings. The van der Waals surface area contributed by atoms with Gasteiger partial charge in [-0.05, 0) is 61.0 Å². The average Bonchev–Trinajstić information content (AvgIpc) is 2.76. The quantitative estimate of drug-likeness (QED) is 0.505. The van der Waals surface area contributed by atoms with Crippen LogP contribution in [0.1, 0.15) is 35.3 Å². The zero-order valence-electron chi connectivity index (χ0n) is 13.0. The first-order chi connectivity index (χ1) is 11.7. The highest BCUT2D eigenvalue weighted by Crippen LogP contribution is 2.39. The van der Waals surface area contributed by atoms with Gasteiger partial charge in [-0.1, -0.05) is 12.5 Å². The molecular formula is C18H15ClN4S. The maximum Gasteiger partial charge on any atom is 0.225 e. The molecule has 0 bridgehead atoms. The minimum absolute atomic E-state index is 0.248. The van der Waals surface area contributed by atoms with Crippen molar-refractivity contribution in [3.05, 3.63) is 45.6 Å². The van der Waals surface area contributed by atoms with Gasteiger partial charge in [-0.15, -0.1) is 11.3 Å². The first-order valence-electron chi connectivity index (χ1n) is 7.99. The molecule has 1 aliphatic carbocycles. The fraction of sp³-hybridized carbons (Fsp3) is 0.278. The molecule has 24 heavy (non-hydrogen) atoms. The van der Waals surface area contributed by atoms with Gasteiger partial charge in [0.15, 0.2) is 0 Å². The molecule has 0 unspecified atom stereocenters. The minimum atomic E-state index is 0.248. The molecule has 4 nitrogen and oxygen atoms in total. The number of anilines is 2. The zero-order chi connectivity index (χ0) is 16.5. The van der Waals surface area contributed by atoms with Gasteiger partial charge >= 0.3 is 0 Å². The van der Waals surface area contributed by atoms with E-state index in [2.05, 4.69) is 21.4 Å². The van der Waals surface area contributed by atoms with Gasteiger partial charge in [0.25, 0.3) is 0 Å². The Balaban J connectivity index is 1.84. The predicted molar refractivity (Wildman–Crippen MR) is 98.1 cm³/mol. The van der Waals surface area contributed by atoms with Crippen molar-refractivity contribution in [2.45, 2.75) is 32.1 Å². The maximum absolute atomic E-state index is 9.08. The molecule has 2 aromatic heterocycles. The third kappa shape index (κ3) is 2.83. The molecule has 120 valence electrons. The SMILES string of the molecule is N#Cc1cccc(Nc2nc(Cl)nc3sc4c(c23)CCCCC4)c1. The van der Waals surface area contributed by atoms with Crippen molar-refractivity contribution < 1.29 is 0 Å². The van der Waals surface area contributed by atoms with Gasteiger partial charge in [-0.25, -0.2) is 4.98 Å². The Morgan fingerprint density at radius 3 is 2.92 bits per heavy atom. The molecule has 2 heterocycles. The summed E-state index contributed by atoms with van der Waals surface area (Å²) < 4.78 is 0. The smallest absolute Gasteiger partial charge is 0.225 e. The summed E-state index contributed by atoms with van der Waals surface area (Å²) in [6.45, 7) is 0. The van der Waals surface area contributed by atoms with Crippen molar-refractivity contribution >= 4 is 44.7 Å². The van der Waals surface area contributed by atoms with E-state index in [9.17, 15) is 0 Å². The summed E-state index contributed by atoms with van der Waals surface area (Å²) in [5, 5.41) is 13.8. The van der Waals surface area contributed by atoms with E-state index in [1.807, 2.05) is 18.2 Å². The maximum atomic E-state index is 9.08. The number of hydrogen-bond donors (Lipinski definition) is 1. The molecule has 0 amide bonds. The predicted octanol–water partition coefficient (Wildman–Crippen LogP) is 5.23. The number of halogens is 1. The van der Waals surface area contributed by atoms with Crippen LogP contribution in [0, 0.1) is 11.3 Å². The zero-order valence-corrected chi connectivity index (χ0v) is 14.5. The van der Waals surface area contributed by atoms with Crippen LogP contribution in [-0.4, -0.2) is 9.97 Å². The first kappa shape index (κ1) is 15.4. The number of thiophene rings is 1. The minimum Gasteiger partial charge on any atom is -0.339 e. The Morgan fingerprint density at radius 2 is 2.04 bits per heavy atom. The van der Waals surface area contributed by atoms with Crippen LogP contribution < -0.4 is 5.32 Å². The summed E-state index contributed by atoms with van der Waals surface area (Å²) in [6.07, 6.45) is 5.87. The Morgan fingerprint density at radius 1 is 1.17 bits per heavy atom. The van der Waals surface area contributed by atoms with Crippen molar-refractivity contribution in [3.63, 3.8) is 0 Å². The van der Waals surface area contributed by atoms with Gasteiger partial charge in [-0.2, -0.15) is 10.2 Å². The highest BCUT2D eigenvalue weighted by atomic mass is 35.5. The molecule has 1 N–H and O–H groups in total. The van der Waals surface area contributed by atoms with Crippen LogP contribution in [0.4, 0.5) is 11.5 Å². The van der Waals surface area contributed by atoms with E-state index in [1.165, 1.54) is 29.7 Å². The summed E-state index contributed by atoms with van der Waals surface area (Å²) in [5.74, 6) is 0.736. The molecule has 0 aliphatic heterocycles. The van der Waals surface area contributed by atoms with E-state index in [-0.39, 0.29) is 5.28 Å². The van der Waals surface area contributed by atoms with E-state index in [1.54, 1.807) is 17.4 Å². The lowest BCUT2D eigenvalue weighted by atomic mass is 10.1. The Labute approximate surface area is 149 Å². The molecular weight excluding hydrogens is 340 g/mol. The number of rotatable bonds is 2. The number of nitrogens with one attached hydrogen (secondary N) is 1. The van der Waals surface area contributed by atoms with E-state index >= 15 is 0 Å². The first-order valence-corrected chi connectivity index (χ1v) is 9.19. The van der Waals surface area contributed by atoms with Crippen LogP contribution in [-0.2, 0) is 12.8 Å². The summed E-state index contributed by atoms with van der Waals surface area (Å²) in [4.78, 5) is 11.2. The highest BCUT2D eigenvalue weighted by Gasteiger charge is 2.20. The third-order valence-corrected chi connectivity index (χ3v) is 5.65.